The fraction of sp³-hybridized carbons (Fsp3) is 1.00. The number of hydrogen-bond donors (Lipinski definition) is 2. The minimum absolute atomic E-state index is 0.114. The van der Waals surface area contributed by atoms with Gasteiger partial charge in [0.2, 0.25) is 0 Å². The van der Waals surface area contributed by atoms with Gasteiger partial charge < -0.3 is 10.4 Å². The van der Waals surface area contributed by atoms with E-state index < -0.39 is 0 Å². The van der Waals surface area contributed by atoms with Gasteiger partial charge in [-0.25, -0.2) is 0 Å². The first kappa shape index (κ1) is 11.3. The molecule has 0 aromatic heterocycles. The SMILES string of the molecule is CCC(O)CCNC1CCSC1C. The molecular formula is C10H21NOS. The highest BCUT2D eigenvalue weighted by Crippen LogP contribution is 2.25. The molecule has 3 heteroatoms. The maximum atomic E-state index is 9.35. The molecule has 1 aliphatic rings. The van der Waals surface area contributed by atoms with Crippen molar-refractivity contribution in [2.75, 3.05) is 12.3 Å². The van der Waals surface area contributed by atoms with E-state index >= 15 is 0 Å². The van der Waals surface area contributed by atoms with Gasteiger partial charge in [-0.2, -0.15) is 11.8 Å². The van der Waals surface area contributed by atoms with E-state index in [1.807, 2.05) is 18.7 Å². The van der Waals surface area contributed by atoms with Crippen LogP contribution in [-0.2, 0) is 0 Å². The number of aliphatic hydroxyl groups excluding tert-OH is 1. The van der Waals surface area contributed by atoms with E-state index in [9.17, 15) is 5.11 Å². The Bertz CT molecular complexity index is 143. The van der Waals surface area contributed by atoms with E-state index in [2.05, 4.69) is 12.2 Å². The average Bonchev–Trinajstić information content (AvgIpc) is 2.52. The minimum Gasteiger partial charge on any atom is -0.393 e. The van der Waals surface area contributed by atoms with Crippen LogP contribution < -0.4 is 5.32 Å². The lowest BCUT2D eigenvalue weighted by atomic mass is 10.1. The summed E-state index contributed by atoms with van der Waals surface area (Å²) in [5.74, 6) is 1.29. The van der Waals surface area contributed by atoms with Gasteiger partial charge in [-0.15, -0.1) is 0 Å². The van der Waals surface area contributed by atoms with Crippen LogP contribution in [0.1, 0.15) is 33.1 Å². The third-order valence-corrected chi connectivity index (χ3v) is 4.06. The molecule has 0 aromatic carbocycles. The Morgan fingerprint density at radius 1 is 1.62 bits per heavy atom. The summed E-state index contributed by atoms with van der Waals surface area (Å²) < 4.78 is 0. The highest BCUT2D eigenvalue weighted by molar-refractivity contribution is 8.00. The molecule has 0 aliphatic carbocycles. The van der Waals surface area contributed by atoms with Crippen LogP contribution in [0.5, 0.6) is 0 Å². The molecule has 13 heavy (non-hydrogen) atoms. The number of hydrogen-bond acceptors (Lipinski definition) is 3. The van der Waals surface area contributed by atoms with Gasteiger partial charge in [-0.1, -0.05) is 13.8 Å². The van der Waals surface area contributed by atoms with Crippen molar-refractivity contribution in [1.29, 1.82) is 0 Å². The number of rotatable bonds is 5. The van der Waals surface area contributed by atoms with Gasteiger partial charge in [0.25, 0.3) is 0 Å². The Hall–Kier alpha value is 0.270. The second kappa shape index (κ2) is 5.89. The maximum Gasteiger partial charge on any atom is 0.0549 e. The van der Waals surface area contributed by atoms with Gasteiger partial charge in [0.1, 0.15) is 0 Å². The Balaban J connectivity index is 2.05. The average molecular weight is 203 g/mol. The minimum atomic E-state index is -0.114. The van der Waals surface area contributed by atoms with Gasteiger partial charge >= 0.3 is 0 Å². The van der Waals surface area contributed by atoms with E-state index in [0.717, 1.165) is 24.6 Å². The third kappa shape index (κ3) is 3.88. The van der Waals surface area contributed by atoms with E-state index in [4.69, 9.17) is 0 Å². The quantitative estimate of drug-likeness (QED) is 0.712. The summed E-state index contributed by atoms with van der Waals surface area (Å²) in [4.78, 5) is 0. The van der Waals surface area contributed by atoms with Gasteiger partial charge in [-0.3, -0.25) is 0 Å². The van der Waals surface area contributed by atoms with Crippen LogP contribution in [0, 0.1) is 0 Å². The summed E-state index contributed by atoms with van der Waals surface area (Å²) in [5.41, 5.74) is 0. The summed E-state index contributed by atoms with van der Waals surface area (Å²) in [6, 6.07) is 0.675. The predicted molar refractivity (Wildman–Crippen MR) is 59.2 cm³/mol. The Kier molecular flexibility index (Phi) is 5.14. The van der Waals surface area contributed by atoms with Crippen molar-refractivity contribution < 1.29 is 5.11 Å². The van der Waals surface area contributed by atoms with E-state index in [0.29, 0.717) is 6.04 Å². The lowest BCUT2D eigenvalue weighted by Crippen LogP contribution is -2.35. The lowest BCUT2D eigenvalue weighted by Gasteiger charge is -2.17. The van der Waals surface area contributed by atoms with Crippen molar-refractivity contribution >= 4 is 11.8 Å². The number of aliphatic hydroxyl groups is 1. The molecule has 0 aromatic rings. The topological polar surface area (TPSA) is 32.3 Å². The van der Waals surface area contributed by atoms with E-state index in [1.165, 1.54) is 12.2 Å². The smallest absolute Gasteiger partial charge is 0.0549 e. The van der Waals surface area contributed by atoms with Crippen molar-refractivity contribution in [1.82, 2.24) is 5.32 Å². The van der Waals surface area contributed by atoms with Gasteiger partial charge in [0, 0.05) is 11.3 Å². The lowest BCUT2D eigenvalue weighted by molar-refractivity contribution is 0.158. The zero-order valence-electron chi connectivity index (χ0n) is 8.62. The summed E-state index contributed by atoms with van der Waals surface area (Å²) in [6.45, 7) is 5.27. The van der Waals surface area contributed by atoms with Crippen molar-refractivity contribution in [2.45, 2.75) is 50.5 Å². The Labute approximate surface area is 85.5 Å². The monoisotopic (exact) mass is 203 g/mol. The highest BCUT2D eigenvalue weighted by Gasteiger charge is 2.22. The maximum absolute atomic E-state index is 9.35. The third-order valence-electron chi connectivity index (χ3n) is 2.73. The molecule has 1 rings (SSSR count). The van der Waals surface area contributed by atoms with Crippen molar-refractivity contribution in [3.8, 4) is 0 Å². The molecule has 3 unspecified atom stereocenters. The van der Waals surface area contributed by atoms with Crippen LogP contribution in [0.3, 0.4) is 0 Å². The van der Waals surface area contributed by atoms with Gasteiger partial charge in [0.15, 0.2) is 0 Å². The predicted octanol–water partition coefficient (Wildman–Crippen LogP) is 1.63. The molecule has 0 amide bonds. The van der Waals surface area contributed by atoms with Crippen molar-refractivity contribution in [3.05, 3.63) is 0 Å². The Morgan fingerprint density at radius 2 is 2.38 bits per heavy atom. The summed E-state index contributed by atoms with van der Waals surface area (Å²) >= 11 is 2.04. The van der Waals surface area contributed by atoms with Gasteiger partial charge in [0.05, 0.1) is 6.10 Å². The Morgan fingerprint density at radius 3 is 2.92 bits per heavy atom. The van der Waals surface area contributed by atoms with E-state index in [-0.39, 0.29) is 6.10 Å². The highest BCUT2D eigenvalue weighted by atomic mass is 32.2. The van der Waals surface area contributed by atoms with Crippen LogP contribution in [0.4, 0.5) is 0 Å². The van der Waals surface area contributed by atoms with Crippen LogP contribution in [0.2, 0.25) is 0 Å². The molecule has 1 heterocycles. The standard InChI is InChI=1S/C10H21NOS/c1-3-9(12)4-6-11-10-5-7-13-8(10)2/h8-12H,3-7H2,1-2H3. The molecule has 78 valence electrons. The molecule has 1 aliphatic heterocycles. The molecule has 2 N–H and O–H groups in total. The fourth-order valence-electron chi connectivity index (χ4n) is 1.64. The summed E-state index contributed by atoms with van der Waals surface area (Å²) in [7, 11) is 0. The van der Waals surface area contributed by atoms with Crippen LogP contribution >= 0.6 is 11.8 Å². The molecule has 0 bridgehead atoms. The first-order valence-corrected chi connectivity index (χ1v) is 6.32. The zero-order chi connectivity index (χ0) is 9.68. The normalized spacial score (nSPS) is 30.7. The fourth-order valence-corrected chi connectivity index (χ4v) is 2.87. The van der Waals surface area contributed by atoms with Crippen molar-refractivity contribution in [3.63, 3.8) is 0 Å². The molecule has 0 saturated carbocycles. The molecule has 3 atom stereocenters. The second-order valence-corrected chi connectivity index (χ2v) is 5.26. The number of thioether (sulfide) groups is 1. The first-order valence-electron chi connectivity index (χ1n) is 5.27. The number of nitrogens with one attached hydrogen (secondary N) is 1. The van der Waals surface area contributed by atoms with Crippen molar-refractivity contribution in [2.24, 2.45) is 0 Å². The molecule has 0 spiro atoms. The van der Waals surface area contributed by atoms with Gasteiger partial charge in [-0.05, 0) is 31.6 Å². The summed E-state index contributed by atoms with van der Waals surface area (Å²) in [5, 5.41) is 13.6. The first-order chi connectivity index (χ1) is 6.24. The molecule has 1 fully saturated rings. The van der Waals surface area contributed by atoms with Crippen LogP contribution in [-0.4, -0.2) is 34.8 Å². The molecule has 2 nitrogen and oxygen atoms in total. The molecule has 1 saturated heterocycles. The molecular weight excluding hydrogens is 182 g/mol. The van der Waals surface area contributed by atoms with Crippen LogP contribution in [0.25, 0.3) is 0 Å². The largest absolute Gasteiger partial charge is 0.393 e. The molecule has 0 radical (unpaired) electrons. The zero-order valence-corrected chi connectivity index (χ0v) is 9.44. The van der Waals surface area contributed by atoms with E-state index in [1.54, 1.807) is 0 Å². The summed E-state index contributed by atoms with van der Waals surface area (Å²) in [6.07, 6.45) is 2.94. The second-order valence-electron chi connectivity index (χ2n) is 3.78. The van der Waals surface area contributed by atoms with Crippen LogP contribution in [0.15, 0.2) is 0 Å².